The van der Waals surface area contributed by atoms with Gasteiger partial charge in [0, 0.05) is 17.8 Å². The Balaban J connectivity index is 2.62. The molecule has 0 radical (unpaired) electrons. The lowest BCUT2D eigenvalue weighted by molar-refractivity contribution is 0.355. The van der Waals surface area contributed by atoms with Crippen LogP contribution >= 0.6 is 0 Å². The molecule has 0 unspecified atom stereocenters. The Morgan fingerprint density at radius 1 is 1.64 bits per heavy atom. The van der Waals surface area contributed by atoms with Gasteiger partial charge in [-0.25, -0.2) is 4.98 Å². The van der Waals surface area contributed by atoms with Crippen molar-refractivity contribution >= 4 is 5.84 Å². The van der Waals surface area contributed by atoms with E-state index in [-0.39, 0.29) is 5.84 Å². The van der Waals surface area contributed by atoms with Gasteiger partial charge in [0.2, 0.25) is 5.88 Å². The molecule has 0 saturated heterocycles. The topological polar surface area (TPSA) is 72.0 Å². The van der Waals surface area contributed by atoms with Crippen molar-refractivity contribution in [2.75, 3.05) is 6.61 Å². The second kappa shape index (κ2) is 4.87. The van der Waals surface area contributed by atoms with Crippen LogP contribution < -0.4 is 10.5 Å². The summed E-state index contributed by atoms with van der Waals surface area (Å²) in [4.78, 5) is 3.96. The van der Waals surface area contributed by atoms with Crippen LogP contribution in [0.3, 0.4) is 0 Å². The second-order valence-electron chi connectivity index (χ2n) is 2.51. The lowest BCUT2D eigenvalue weighted by atomic mass is 10.3. The summed E-state index contributed by atoms with van der Waals surface area (Å²) in [6, 6.07) is 3.35. The molecule has 72 valence electrons. The number of amidine groups is 1. The van der Waals surface area contributed by atoms with E-state index in [4.69, 9.17) is 15.9 Å². The molecule has 1 heterocycles. The van der Waals surface area contributed by atoms with Gasteiger partial charge in [-0.15, -0.1) is 5.92 Å². The SMILES string of the molecule is CC#CCOc1ccc(C(=N)N)cn1. The minimum atomic E-state index is -0.00241. The van der Waals surface area contributed by atoms with Crippen LogP contribution in [0.1, 0.15) is 12.5 Å². The van der Waals surface area contributed by atoms with Crippen molar-refractivity contribution in [3.63, 3.8) is 0 Å². The third-order valence-electron chi connectivity index (χ3n) is 1.52. The van der Waals surface area contributed by atoms with Crippen LogP contribution in [0.2, 0.25) is 0 Å². The number of pyridine rings is 1. The number of aromatic nitrogens is 1. The number of nitrogen functional groups attached to an aromatic ring is 1. The van der Waals surface area contributed by atoms with Crippen molar-refractivity contribution in [2.24, 2.45) is 5.73 Å². The van der Waals surface area contributed by atoms with Crippen molar-refractivity contribution in [1.29, 1.82) is 5.41 Å². The molecule has 0 fully saturated rings. The molecule has 0 atom stereocenters. The Morgan fingerprint density at radius 3 is 2.93 bits per heavy atom. The fourth-order valence-corrected chi connectivity index (χ4v) is 0.807. The summed E-state index contributed by atoms with van der Waals surface area (Å²) >= 11 is 0. The quantitative estimate of drug-likeness (QED) is 0.419. The molecule has 1 aromatic rings. The van der Waals surface area contributed by atoms with Crippen molar-refractivity contribution < 1.29 is 4.74 Å². The van der Waals surface area contributed by atoms with Crippen LogP contribution in [0.5, 0.6) is 5.88 Å². The summed E-state index contributed by atoms with van der Waals surface area (Å²) < 4.78 is 5.19. The maximum absolute atomic E-state index is 7.15. The molecule has 0 spiro atoms. The number of hydrogen-bond donors (Lipinski definition) is 2. The minimum Gasteiger partial charge on any atom is -0.464 e. The minimum absolute atomic E-state index is 0.00241. The van der Waals surface area contributed by atoms with Crippen molar-refractivity contribution in [1.82, 2.24) is 4.98 Å². The van der Waals surface area contributed by atoms with Gasteiger partial charge in [-0.3, -0.25) is 5.41 Å². The molecular formula is C10H11N3O. The van der Waals surface area contributed by atoms with Crippen LogP contribution in [0.4, 0.5) is 0 Å². The molecule has 0 aliphatic heterocycles. The zero-order valence-electron chi connectivity index (χ0n) is 7.87. The third kappa shape index (κ3) is 2.79. The summed E-state index contributed by atoms with van der Waals surface area (Å²) in [5.74, 6) is 5.95. The molecule has 0 aliphatic carbocycles. The summed E-state index contributed by atoms with van der Waals surface area (Å²) in [5.41, 5.74) is 5.85. The number of hydrogen-bond acceptors (Lipinski definition) is 3. The van der Waals surface area contributed by atoms with Gasteiger partial charge in [0.05, 0.1) is 0 Å². The van der Waals surface area contributed by atoms with E-state index >= 15 is 0 Å². The number of nitrogens with zero attached hydrogens (tertiary/aromatic N) is 1. The van der Waals surface area contributed by atoms with Crippen LogP contribution in [0.25, 0.3) is 0 Å². The van der Waals surface area contributed by atoms with Gasteiger partial charge in [0.15, 0.2) is 6.61 Å². The Morgan fingerprint density at radius 2 is 2.43 bits per heavy atom. The van der Waals surface area contributed by atoms with Crippen LogP contribution in [-0.4, -0.2) is 17.4 Å². The van der Waals surface area contributed by atoms with Crippen molar-refractivity contribution in [2.45, 2.75) is 6.92 Å². The zero-order chi connectivity index (χ0) is 10.4. The number of nitrogens with two attached hydrogens (primary N) is 1. The smallest absolute Gasteiger partial charge is 0.214 e. The largest absolute Gasteiger partial charge is 0.464 e. The molecule has 4 heteroatoms. The predicted molar refractivity (Wildman–Crippen MR) is 54.2 cm³/mol. The Bertz CT molecular complexity index is 373. The fourth-order valence-electron chi connectivity index (χ4n) is 0.807. The standard InChI is InChI=1S/C10H11N3O/c1-2-3-6-14-9-5-4-8(7-13-9)10(11)12/h4-5,7H,6H2,1H3,(H3,11,12). The molecule has 0 amide bonds. The molecule has 0 aromatic carbocycles. The lowest BCUT2D eigenvalue weighted by Crippen LogP contribution is -2.11. The first kappa shape index (κ1) is 10.1. The van der Waals surface area contributed by atoms with E-state index in [1.54, 1.807) is 19.1 Å². The first-order valence-electron chi connectivity index (χ1n) is 4.07. The first-order chi connectivity index (χ1) is 6.74. The maximum atomic E-state index is 7.15. The van der Waals surface area contributed by atoms with Gasteiger partial charge < -0.3 is 10.5 Å². The van der Waals surface area contributed by atoms with E-state index in [1.165, 1.54) is 6.20 Å². The van der Waals surface area contributed by atoms with Crippen LogP contribution in [0, 0.1) is 17.3 Å². The second-order valence-corrected chi connectivity index (χ2v) is 2.51. The van der Waals surface area contributed by atoms with E-state index in [1.807, 2.05) is 0 Å². The Kier molecular flexibility index (Phi) is 3.50. The third-order valence-corrected chi connectivity index (χ3v) is 1.52. The highest BCUT2D eigenvalue weighted by atomic mass is 16.5. The van der Waals surface area contributed by atoms with Crippen LogP contribution in [-0.2, 0) is 0 Å². The highest BCUT2D eigenvalue weighted by Gasteiger charge is 1.97. The van der Waals surface area contributed by atoms with Gasteiger partial charge in [-0.05, 0) is 13.0 Å². The molecule has 0 bridgehead atoms. The highest BCUT2D eigenvalue weighted by molar-refractivity contribution is 5.94. The maximum Gasteiger partial charge on any atom is 0.214 e. The normalized spacial score (nSPS) is 8.64. The monoisotopic (exact) mass is 189 g/mol. The fraction of sp³-hybridized carbons (Fsp3) is 0.200. The van der Waals surface area contributed by atoms with Gasteiger partial charge in [-0.2, -0.15) is 0 Å². The van der Waals surface area contributed by atoms with E-state index in [0.29, 0.717) is 18.1 Å². The van der Waals surface area contributed by atoms with Crippen molar-refractivity contribution in [3.05, 3.63) is 23.9 Å². The molecular weight excluding hydrogens is 178 g/mol. The van der Waals surface area contributed by atoms with E-state index in [0.717, 1.165) is 0 Å². The summed E-state index contributed by atoms with van der Waals surface area (Å²) in [7, 11) is 0. The average Bonchev–Trinajstić information content (AvgIpc) is 2.19. The number of ether oxygens (including phenoxy) is 1. The molecule has 3 N–H and O–H groups in total. The zero-order valence-corrected chi connectivity index (χ0v) is 7.87. The Labute approximate surface area is 82.6 Å². The molecule has 1 rings (SSSR count). The molecule has 0 saturated carbocycles. The van der Waals surface area contributed by atoms with Gasteiger partial charge in [-0.1, -0.05) is 5.92 Å². The number of rotatable bonds is 3. The average molecular weight is 189 g/mol. The number of nitrogens with one attached hydrogen (secondary N) is 1. The summed E-state index contributed by atoms with van der Waals surface area (Å²) in [6.07, 6.45) is 1.50. The summed E-state index contributed by atoms with van der Waals surface area (Å²) in [5, 5.41) is 7.15. The van der Waals surface area contributed by atoms with Crippen molar-refractivity contribution in [3.8, 4) is 17.7 Å². The lowest BCUT2D eigenvalue weighted by Gasteiger charge is -2.01. The van der Waals surface area contributed by atoms with Crippen LogP contribution in [0.15, 0.2) is 18.3 Å². The van der Waals surface area contributed by atoms with E-state index in [9.17, 15) is 0 Å². The molecule has 1 aromatic heterocycles. The first-order valence-corrected chi connectivity index (χ1v) is 4.07. The predicted octanol–water partition coefficient (Wildman–Crippen LogP) is 0.768. The van der Waals surface area contributed by atoms with Gasteiger partial charge in [0.1, 0.15) is 5.84 Å². The Hall–Kier alpha value is -2.02. The van der Waals surface area contributed by atoms with Gasteiger partial charge in [0.25, 0.3) is 0 Å². The molecule has 14 heavy (non-hydrogen) atoms. The van der Waals surface area contributed by atoms with E-state index in [2.05, 4.69) is 16.8 Å². The molecule has 0 aliphatic rings. The molecule has 4 nitrogen and oxygen atoms in total. The van der Waals surface area contributed by atoms with Gasteiger partial charge >= 0.3 is 0 Å². The van der Waals surface area contributed by atoms with E-state index < -0.39 is 0 Å². The summed E-state index contributed by atoms with van der Waals surface area (Å²) in [6.45, 7) is 2.07. The highest BCUT2D eigenvalue weighted by Crippen LogP contribution is 2.06.